The number of sulfonamides is 1. The predicted octanol–water partition coefficient (Wildman–Crippen LogP) is 3.31. The number of carbonyl (C=O) groups excluding carboxylic acids is 1. The van der Waals surface area contributed by atoms with E-state index in [4.69, 9.17) is 23.2 Å². The van der Waals surface area contributed by atoms with E-state index in [1.165, 1.54) is 15.6 Å². The lowest BCUT2D eigenvalue weighted by Gasteiger charge is -2.33. The number of piperazine rings is 1. The van der Waals surface area contributed by atoms with Gasteiger partial charge in [-0.3, -0.25) is 9.69 Å². The van der Waals surface area contributed by atoms with Crippen molar-refractivity contribution >= 4 is 56.2 Å². The summed E-state index contributed by atoms with van der Waals surface area (Å²) in [5, 5.41) is 5.30. The van der Waals surface area contributed by atoms with Crippen molar-refractivity contribution in [3.05, 3.63) is 45.3 Å². The number of nitrogens with zero attached hydrogens (tertiary/aromatic N) is 2. The highest BCUT2D eigenvalue weighted by Crippen LogP contribution is 2.32. The van der Waals surface area contributed by atoms with E-state index in [1.54, 1.807) is 29.6 Å². The van der Waals surface area contributed by atoms with Crippen LogP contribution in [0.1, 0.15) is 5.56 Å². The number of nitrogens with one attached hydrogen (secondary N) is 1. The van der Waals surface area contributed by atoms with Gasteiger partial charge in [0.2, 0.25) is 5.91 Å². The van der Waals surface area contributed by atoms with Crippen LogP contribution in [0.15, 0.2) is 33.9 Å². The van der Waals surface area contributed by atoms with E-state index in [1.807, 2.05) is 11.8 Å². The fourth-order valence-electron chi connectivity index (χ4n) is 2.82. The number of hydrogen-bond acceptors (Lipinski definition) is 5. The summed E-state index contributed by atoms with van der Waals surface area (Å²) in [6.07, 6.45) is 0. The molecule has 1 aliphatic heterocycles. The molecule has 0 atom stereocenters. The van der Waals surface area contributed by atoms with Gasteiger partial charge in [0.1, 0.15) is 4.21 Å². The first kappa shape index (κ1) is 20.6. The van der Waals surface area contributed by atoms with E-state index in [-0.39, 0.29) is 12.5 Å². The third-order valence-electron chi connectivity index (χ3n) is 4.34. The van der Waals surface area contributed by atoms with E-state index in [0.717, 1.165) is 5.56 Å². The molecular weight excluding hydrogens is 429 g/mol. The largest absolute Gasteiger partial charge is 0.322 e. The summed E-state index contributed by atoms with van der Waals surface area (Å²) in [6.45, 7) is 3.63. The summed E-state index contributed by atoms with van der Waals surface area (Å²) in [4.78, 5) is 14.3. The van der Waals surface area contributed by atoms with E-state index in [9.17, 15) is 13.2 Å². The highest BCUT2D eigenvalue weighted by atomic mass is 35.5. The second-order valence-electron chi connectivity index (χ2n) is 6.21. The Hall–Kier alpha value is -1.16. The Morgan fingerprint density at radius 1 is 1.19 bits per heavy atom. The monoisotopic (exact) mass is 447 g/mol. The summed E-state index contributed by atoms with van der Waals surface area (Å²) in [7, 11) is -3.45. The first-order valence-corrected chi connectivity index (χ1v) is 11.4. The van der Waals surface area contributed by atoms with Crippen molar-refractivity contribution in [3.8, 4) is 0 Å². The molecule has 2 aromatic rings. The minimum Gasteiger partial charge on any atom is -0.322 e. The molecule has 10 heteroatoms. The summed E-state index contributed by atoms with van der Waals surface area (Å²) in [5.41, 5.74) is 1.23. The van der Waals surface area contributed by atoms with Crippen LogP contribution in [0.3, 0.4) is 0 Å². The molecule has 0 spiro atoms. The number of thiophene rings is 1. The quantitative estimate of drug-likeness (QED) is 0.762. The van der Waals surface area contributed by atoms with Crippen molar-refractivity contribution in [2.24, 2.45) is 0 Å². The normalized spacial score (nSPS) is 16.4. The number of aryl methyl sites for hydroxylation is 1. The molecule has 0 saturated carbocycles. The molecule has 146 valence electrons. The third-order valence-corrected chi connectivity index (χ3v) is 8.41. The van der Waals surface area contributed by atoms with E-state index in [0.29, 0.717) is 46.1 Å². The Kier molecular flexibility index (Phi) is 6.45. The number of carbonyl (C=O) groups is 1. The van der Waals surface area contributed by atoms with Crippen LogP contribution in [-0.2, 0) is 14.8 Å². The molecule has 2 heterocycles. The van der Waals surface area contributed by atoms with Gasteiger partial charge in [0.05, 0.1) is 22.3 Å². The molecule has 1 fully saturated rings. The molecular formula is C17H19Cl2N3O3S2. The molecule has 1 saturated heterocycles. The standard InChI is InChI=1S/C17H19Cl2N3O3S2/c1-12-4-5-13(18)17(16(12)19)20-14(23)11-21-6-8-22(9-7-21)27(24,25)15-3-2-10-26-15/h2-5,10H,6-9,11H2,1H3,(H,20,23). The van der Waals surface area contributed by atoms with Gasteiger partial charge in [-0.1, -0.05) is 35.3 Å². The molecule has 0 aliphatic carbocycles. The zero-order valence-corrected chi connectivity index (χ0v) is 17.8. The van der Waals surface area contributed by atoms with E-state index in [2.05, 4.69) is 5.32 Å². The first-order valence-electron chi connectivity index (χ1n) is 8.29. The van der Waals surface area contributed by atoms with Crippen LogP contribution in [0.25, 0.3) is 0 Å². The van der Waals surface area contributed by atoms with Crippen LogP contribution in [0.5, 0.6) is 0 Å². The van der Waals surface area contributed by atoms with Crippen LogP contribution in [0.4, 0.5) is 5.69 Å². The van der Waals surface area contributed by atoms with Gasteiger partial charge in [0.15, 0.2) is 0 Å². The molecule has 0 unspecified atom stereocenters. The lowest BCUT2D eigenvalue weighted by molar-refractivity contribution is -0.117. The number of rotatable bonds is 5. The van der Waals surface area contributed by atoms with Crippen molar-refractivity contribution in [1.29, 1.82) is 0 Å². The minimum absolute atomic E-state index is 0.146. The van der Waals surface area contributed by atoms with Gasteiger partial charge < -0.3 is 5.32 Å². The number of hydrogen-bond donors (Lipinski definition) is 1. The highest BCUT2D eigenvalue weighted by molar-refractivity contribution is 7.91. The van der Waals surface area contributed by atoms with Gasteiger partial charge in [0, 0.05) is 26.2 Å². The SMILES string of the molecule is Cc1ccc(Cl)c(NC(=O)CN2CCN(S(=O)(=O)c3cccs3)CC2)c1Cl. The third kappa shape index (κ3) is 4.64. The van der Waals surface area contributed by atoms with Gasteiger partial charge in [-0.05, 0) is 30.0 Å². The fraction of sp³-hybridized carbons (Fsp3) is 0.353. The van der Waals surface area contributed by atoms with Crippen LogP contribution >= 0.6 is 34.5 Å². The molecule has 1 aliphatic rings. The summed E-state index contributed by atoms with van der Waals surface area (Å²) >= 11 is 13.5. The van der Waals surface area contributed by atoms with Crippen molar-refractivity contribution in [2.45, 2.75) is 11.1 Å². The van der Waals surface area contributed by atoms with Crippen molar-refractivity contribution in [2.75, 3.05) is 38.0 Å². The number of amides is 1. The zero-order valence-electron chi connectivity index (χ0n) is 14.6. The Balaban J connectivity index is 1.57. The number of anilines is 1. The van der Waals surface area contributed by atoms with Crippen molar-refractivity contribution in [1.82, 2.24) is 9.21 Å². The van der Waals surface area contributed by atoms with Crippen molar-refractivity contribution < 1.29 is 13.2 Å². The Labute approximate surface area is 172 Å². The van der Waals surface area contributed by atoms with Crippen LogP contribution in [0, 0.1) is 6.92 Å². The summed E-state index contributed by atoms with van der Waals surface area (Å²) in [5.74, 6) is -0.237. The summed E-state index contributed by atoms with van der Waals surface area (Å²) in [6, 6.07) is 6.80. The van der Waals surface area contributed by atoms with Gasteiger partial charge in [-0.25, -0.2) is 8.42 Å². The number of halogens is 2. The first-order chi connectivity index (χ1) is 12.8. The maximum absolute atomic E-state index is 12.5. The highest BCUT2D eigenvalue weighted by Gasteiger charge is 2.29. The molecule has 1 aromatic carbocycles. The van der Waals surface area contributed by atoms with Crippen molar-refractivity contribution in [3.63, 3.8) is 0 Å². The number of benzene rings is 1. The average Bonchev–Trinajstić information content (AvgIpc) is 3.18. The second kappa shape index (κ2) is 8.46. The maximum Gasteiger partial charge on any atom is 0.252 e. The van der Waals surface area contributed by atoms with Gasteiger partial charge >= 0.3 is 0 Å². The zero-order chi connectivity index (χ0) is 19.6. The van der Waals surface area contributed by atoms with Crippen LogP contribution in [0.2, 0.25) is 10.0 Å². The smallest absolute Gasteiger partial charge is 0.252 e. The topological polar surface area (TPSA) is 69.7 Å². The molecule has 3 rings (SSSR count). The average molecular weight is 448 g/mol. The molecule has 1 amide bonds. The Morgan fingerprint density at radius 2 is 1.89 bits per heavy atom. The molecule has 6 nitrogen and oxygen atoms in total. The van der Waals surface area contributed by atoms with Gasteiger partial charge in [0.25, 0.3) is 10.0 Å². The van der Waals surface area contributed by atoms with Crippen LogP contribution < -0.4 is 5.32 Å². The van der Waals surface area contributed by atoms with Gasteiger partial charge in [-0.2, -0.15) is 4.31 Å². The lowest BCUT2D eigenvalue weighted by Crippen LogP contribution is -2.50. The summed E-state index contributed by atoms with van der Waals surface area (Å²) < 4.78 is 26.9. The van der Waals surface area contributed by atoms with E-state index >= 15 is 0 Å². The predicted molar refractivity (Wildman–Crippen MR) is 109 cm³/mol. The molecule has 1 N–H and O–H groups in total. The Morgan fingerprint density at radius 3 is 2.52 bits per heavy atom. The minimum atomic E-state index is -3.45. The molecule has 0 radical (unpaired) electrons. The molecule has 27 heavy (non-hydrogen) atoms. The van der Waals surface area contributed by atoms with Gasteiger partial charge in [-0.15, -0.1) is 11.3 Å². The second-order valence-corrected chi connectivity index (χ2v) is 10.1. The van der Waals surface area contributed by atoms with Crippen LogP contribution in [-0.4, -0.2) is 56.3 Å². The Bertz CT molecular complexity index is 925. The fourth-order valence-corrected chi connectivity index (χ4v) is 5.85. The lowest BCUT2D eigenvalue weighted by atomic mass is 10.2. The molecule has 1 aromatic heterocycles. The maximum atomic E-state index is 12.5. The van der Waals surface area contributed by atoms with E-state index < -0.39 is 10.0 Å². The molecule has 0 bridgehead atoms.